The van der Waals surface area contributed by atoms with Crippen molar-refractivity contribution >= 4 is 33.2 Å². The van der Waals surface area contributed by atoms with Gasteiger partial charge in [0.2, 0.25) is 15.9 Å². The first-order valence-electron chi connectivity index (χ1n) is 8.41. The number of halogens is 1. The van der Waals surface area contributed by atoms with Gasteiger partial charge in [-0.2, -0.15) is 4.31 Å². The molecule has 0 unspecified atom stereocenters. The fraction of sp³-hybridized carbons (Fsp3) is 0.316. The Labute approximate surface area is 159 Å². The second-order valence-electron chi connectivity index (χ2n) is 6.45. The van der Waals surface area contributed by atoms with Crippen molar-refractivity contribution in [2.24, 2.45) is 0 Å². The molecule has 1 amide bonds. The van der Waals surface area contributed by atoms with E-state index in [0.29, 0.717) is 11.6 Å². The summed E-state index contributed by atoms with van der Waals surface area (Å²) in [5, 5.41) is 0.615. The van der Waals surface area contributed by atoms with Gasteiger partial charge in [-0.05, 0) is 54.3 Å². The molecule has 138 valence electrons. The molecule has 1 heterocycles. The number of anilines is 1. The Morgan fingerprint density at radius 1 is 1.19 bits per heavy atom. The van der Waals surface area contributed by atoms with Crippen LogP contribution in [0.5, 0.6) is 0 Å². The molecule has 2 aromatic carbocycles. The minimum Gasteiger partial charge on any atom is -0.312 e. The molecule has 0 atom stereocenters. The van der Waals surface area contributed by atoms with Gasteiger partial charge in [-0.3, -0.25) is 4.79 Å². The number of fused-ring (bicyclic) bond motifs is 1. The summed E-state index contributed by atoms with van der Waals surface area (Å²) in [6.45, 7) is 2.46. The summed E-state index contributed by atoms with van der Waals surface area (Å²) in [7, 11) is -2.06. The molecule has 26 heavy (non-hydrogen) atoms. The Morgan fingerprint density at radius 2 is 1.88 bits per heavy atom. The molecule has 5 nitrogen and oxygen atoms in total. The van der Waals surface area contributed by atoms with E-state index in [2.05, 4.69) is 0 Å². The summed E-state index contributed by atoms with van der Waals surface area (Å²) in [4.78, 5) is 13.7. The normalized spacial score (nSPS) is 14.4. The molecule has 0 saturated heterocycles. The summed E-state index contributed by atoms with van der Waals surface area (Å²) in [6.07, 6.45) is 1.60. The van der Waals surface area contributed by atoms with Gasteiger partial charge in [-0.1, -0.05) is 23.7 Å². The summed E-state index contributed by atoms with van der Waals surface area (Å²) >= 11 is 5.88. The van der Waals surface area contributed by atoms with Crippen molar-refractivity contribution in [3.63, 3.8) is 0 Å². The first kappa shape index (κ1) is 18.9. The summed E-state index contributed by atoms with van der Waals surface area (Å²) in [6, 6.07) is 12.1. The number of carbonyl (C=O) groups is 1. The maximum absolute atomic E-state index is 12.9. The maximum Gasteiger partial charge on any atom is 0.243 e. The standard InChI is InChI=1S/C19H21ClN2O3S/c1-14(23)22-11-3-4-16-12-18(9-10-19(16)22)26(24,25)21(2)13-15-5-7-17(20)8-6-15/h5-10,12H,3-4,11,13H2,1-2H3. The van der Waals surface area contributed by atoms with Crippen LogP contribution in [0, 0.1) is 0 Å². The third kappa shape index (κ3) is 3.77. The number of sulfonamides is 1. The number of hydrogen-bond acceptors (Lipinski definition) is 3. The van der Waals surface area contributed by atoms with Crippen molar-refractivity contribution in [2.45, 2.75) is 31.2 Å². The molecule has 1 aliphatic heterocycles. The second kappa shape index (κ2) is 7.39. The van der Waals surface area contributed by atoms with Crippen molar-refractivity contribution in [1.82, 2.24) is 4.31 Å². The highest BCUT2D eigenvalue weighted by Crippen LogP contribution is 2.30. The molecule has 2 aromatic rings. The molecule has 0 saturated carbocycles. The molecule has 0 spiro atoms. The van der Waals surface area contributed by atoms with Crippen LogP contribution in [0.25, 0.3) is 0 Å². The highest BCUT2D eigenvalue weighted by molar-refractivity contribution is 7.89. The van der Waals surface area contributed by atoms with Crippen LogP contribution in [0.3, 0.4) is 0 Å². The number of rotatable bonds is 4. The molecule has 0 N–H and O–H groups in total. The zero-order chi connectivity index (χ0) is 18.9. The van der Waals surface area contributed by atoms with Crippen molar-refractivity contribution in [2.75, 3.05) is 18.5 Å². The van der Waals surface area contributed by atoms with Gasteiger partial charge < -0.3 is 4.90 Å². The molecule has 7 heteroatoms. The molecule has 0 aromatic heterocycles. The van der Waals surface area contributed by atoms with Gasteiger partial charge >= 0.3 is 0 Å². The Balaban J connectivity index is 1.87. The van der Waals surface area contributed by atoms with Gasteiger partial charge in [0.1, 0.15) is 0 Å². The van der Waals surface area contributed by atoms with Crippen LogP contribution in [0.1, 0.15) is 24.5 Å². The fourth-order valence-corrected chi connectivity index (χ4v) is 4.51. The first-order valence-corrected chi connectivity index (χ1v) is 10.2. The monoisotopic (exact) mass is 392 g/mol. The minimum absolute atomic E-state index is 0.0265. The largest absolute Gasteiger partial charge is 0.312 e. The third-order valence-corrected chi connectivity index (χ3v) is 6.63. The highest BCUT2D eigenvalue weighted by atomic mass is 35.5. The van der Waals surface area contributed by atoms with Crippen LogP contribution >= 0.6 is 11.6 Å². The lowest BCUT2D eigenvalue weighted by molar-refractivity contribution is -0.116. The quantitative estimate of drug-likeness (QED) is 0.800. The van der Waals surface area contributed by atoms with Gasteiger partial charge in [-0.25, -0.2) is 8.42 Å². The lowest BCUT2D eigenvalue weighted by atomic mass is 10.0. The molecule has 0 radical (unpaired) electrons. The molecular weight excluding hydrogens is 372 g/mol. The topological polar surface area (TPSA) is 57.7 Å². The number of hydrogen-bond donors (Lipinski definition) is 0. The van der Waals surface area contributed by atoms with E-state index in [-0.39, 0.29) is 17.3 Å². The summed E-state index contributed by atoms with van der Waals surface area (Å²) in [5.74, 6) is -0.0265. The fourth-order valence-electron chi connectivity index (χ4n) is 3.17. The van der Waals surface area contributed by atoms with Crippen molar-refractivity contribution in [3.05, 3.63) is 58.6 Å². The van der Waals surface area contributed by atoms with Crippen LogP contribution in [-0.4, -0.2) is 32.2 Å². The molecule has 1 aliphatic rings. The third-order valence-electron chi connectivity index (χ3n) is 4.58. The lowest BCUT2D eigenvalue weighted by Gasteiger charge is -2.29. The summed E-state index contributed by atoms with van der Waals surface area (Å²) < 4.78 is 27.2. The SMILES string of the molecule is CC(=O)N1CCCc2cc(S(=O)(=O)N(C)Cc3ccc(Cl)cc3)ccc21. The molecule has 0 aliphatic carbocycles. The zero-order valence-corrected chi connectivity index (χ0v) is 16.3. The van der Waals surface area contributed by atoms with E-state index in [0.717, 1.165) is 29.7 Å². The summed E-state index contributed by atoms with van der Waals surface area (Å²) in [5.41, 5.74) is 2.57. The van der Waals surface area contributed by atoms with E-state index in [1.54, 1.807) is 42.3 Å². The predicted octanol–water partition coefficient (Wildman–Crippen LogP) is 3.46. The van der Waals surface area contributed by atoms with Crippen molar-refractivity contribution in [3.8, 4) is 0 Å². The Morgan fingerprint density at radius 3 is 2.54 bits per heavy atom. The van der Waals surface area contributed by atoms with Crippen LogP contribution in [0.4, 0.5) is 5.69 Å². The predicted molar refractivity (Wildman–Crippen MR) is 103 cm³/mol. The molecule has 0 fully saturated rings. The van der Waals surface area contributed by atoms with Gasteiger partial charge in [0.15, 0.2) is 0 Å². The smallest absolute Gasteiger partial charge is 0.243 e. The van der Waals surface area contributed by atoms with E-state index in [9.17, 15) is 13.2 Å². The van der Waals surface area contributed by atoms with E-state index >= 15 is 0 Å². The molecule has 3 rings (SSSR count). The van der Waals surface area contributed by atoms with Crippen molar-refractivity contribution < 1.29 is 13.2 Å². The Kier molecular flexibility index (Phi) is 5.37. The first-order chi connectivity index (χ1) is 12.3. The Bertz CT molecular complexity index is 926. The average Bonchev–Trinajstić information content (AvgIpc) is 2.62. The van der Waals surface area contributed by atoms with Gasteiger partial charge in [0.05, 0.1) is 4.90 Å². The van der Waals surface area contributed by atoms with Gasteiger partial charge in [0.25, 0.3) is 0 Å². The van der Waals surface area contributed by atoms with Crippen LogP contribution in [-0.2, 0) is 27.8 Å². The van der Waals surface area contributed by atoms with E-state index in [1.807, 2.05) is 12.1 Å². The van der Waals surface area contributed by atoms with Gasteiger partial charge in [0, 0.05) is 37.8 Å². The number of nitrogens with zero attached hydrogens (tertiary/aromatic N) is 2. The van der Waals surface area contributed by atoms with E-state index in [1.165, 1.54) is 11.2 Å². The second-order valence-corrected chi connectivity index (χ2v) is 8.93. The minimum atomic E-state index is -3.62. The molecule has 0 bridgehead atoms. The van der Waals surface area contributed by atoms with Gasteiger partial charge in [-0.15, -0.1) is 0 Å². The van der Waals surface area contributed by atoms with Crippen LogP contribution < -0.4 is 4.90 Å². The van der Waals surface area contributed by atoms with Crippen molar-refractivity contribution in [1.29, 1.82) is 0 Å². The van der Waals surface area contributed by atoms with E-state index in [4.69, 9.17) is 11.6 Å². The van der Waals surface area contributed by atoms with Crippen LogP contribution in [0.15, 0.2) is 47.4 Å². The average molecular weight is 393 g/mol. The number of benzene rings is 2. The van der Waals surface area contributed by atoms with E-state index < -0.39 is 10.0 Å². The lowest BCUT2D eigenvalue weighted by Crippen LogP contribution is -2.34. The maximum atomic E-state index is 12.9. The van der Waals surface area contributed by atoms with Crippen LogP contribution in [0.2, 0.25) is 5.02 Å². The molecular formula is C19H21ClN2O3S. The zero-order valence-electron chi connectivity index (χ0n) is 14.8. The highest BCUT2D eigenvalue weighted by Gasteiger charge is 2.25. The number of carbonyl (C=O) groups excluding carboxylic acids is 1. The number of aryl methyl sites for hydroxylation is 1. The number of amides is 1. The Hall–Kier alpha value is -1.89.